The van der Waals surface area contributed by atoms with Crippen molar-refractivity contribution in [2.45, 2.75) is 43.4 Å². The maximum absolute atomic E-state index is 12.0. The van der Waals surface area contributed by atoms with Crippen molar-refractivity contribution in [2.24, 2.45) is 0 Å². The first kappa shape index (κ1) is 13.5. The molecule has 6 heteroatoms. The van der Waals surface area contributed by atoms with Crippen LogP contribution in [0.15, 0.2) is 0 Å². The predicted molar refractivity (Wildman–Crippen MR) is 70.9 cm³/mol. The number of rotatable bonds is 3. The Hall–Kier alpha value is -0.910. The highest BCUT2D eigenvalue weighted by molar-refractivity contribution is 8.00. The van der Waals surface area contributed by atoms with E-state index >= 15 is 0 Å². The largest absolute Gasteiger partial charge is 0.480 e. The van der Waals surface area contributed by atoms with Crippen LogP contribution in [0.3, 0.4) is 0 Å². The number of carbonyl (C=O) groups excluding carboxylic acids is 1. The standard InChI is InChI=1S/C12H20N2O3S/c1-12(5-3-7-18-12)8-13-11(17)14-6-2-4-9(14)10(15)16/h9H,2-8H2,1H3,(H,13,17)(H,15,16)/t9-,12?/m0/s1. The van der Waals surface area contributed by atoms with Crippen molar-refractivity contribution >= 4 is 23.8 Å². The number of urea groups is 1. The van der Waals surface area contributed by atoms with Crippen LogP contribution in [-0.2, 0) is 4.79 Å². The molecule has 2 heterocycles. The molecule has 0 aromatic carbocycles. The minimum absolute atomic E-state index is 0.119. The molecule has 2 fully saturated rings. The molecule has 1 unspecified atom stereocenters. The molecule has 5 nitrogen and oxygen atoms in total. The summed E-state index contributed by atoms with van der Waals surface area (Å²) in [6.07, 6.45) is 3.64. The fraction of sp³-hybridized carbons (Fsp3) is 0.833. The lowest BCUT2D eigenvalue weighted by molar-refractivity contribution is -0.141. The molecule has 2 amide bonds. The molecule has 0 radical (unpaired) electrons. The van der Waals surface area contributed by atoms with E-state index in [2.05, 4.69) is 12.2 Å². The number of hydrogen-bond donors (Lipinski definition) is 2. The van der Waals surface area contributed by atoms with Crippen LogP contribution in [0.4, 0.5) is 4.79 Å². The van der Waals surface area contributed by atoms with Gasteiger partial charge in [0.05, 0.1) is 0 Å². The number of carboxylic acid groups (broad SMARTS) is 1. The minimum atomic E-state index is -0.899. The van der Waals surface area contributed by atoms with E-state index in [0.29, 0.717) is 19.5 Å². The molecule has 18 heavy (non-hydrogen) atoms. The van der Waals surface area contributed by atoms with Crippen molar-refractivity contribution in [3.8, 4) is 0 Å². The molecule has 2 N–H and O–H groups in total. The second kappa shape index (κ2) is 5.38. The van der Waals surface area contributed by atoms with Gasteiger partial charge in [-0.05, 0) is 38.4 Å². The normalized spacial score (nSPS) is 31.6. The van der Waals surface area contributed by atoms with Crippen LogP contribution in [0.5, 0.6) is 0 Å². The lowest BCUT2D eigenvalue weighted by Gasteiger charge is -2.27. The molecular weight excluding hydrogens is 252 g/mol. The van der Waals surface area contributed by atoms with Crippen LogP contribution >= 0.6 is 11.8 Å². The molecule has 0 aliphatic carbocycles. The average Bonchev–Trinajstić information content (AvgIpc) is 2.95. The van der Waals surface area contributed by atoms with E-state index in [1.54, 1.807) is 0 Å². The zero-order chi connectivity index (χ0) is 13.2. The Balaban J connectivity index is 1.86. The number of nitrogens with one attached hydrogen (secondary N) is 1. The number of amides is 2. The molecule has 102 valence electrons. The Morgan fingerprint density at radius 2 is 2.28 bits per heavy atom. The number of likely N-dealkylation sites (tertiary alicyclic amines) is 1. The molecular formula is C12H20N2O3S. The van der Waals surface area contributed by atoms with Gasteiger partial charge in [-0.15, -0.1) is 0 Å². The number of hydrogen-bond acceptors (Lipinski definition) is 3. The Labute approximate surface area is 111 Å². The molecule has 0 spiro atoms. The van der Waals surface area contributed by atoms with Gasteiger partial charge in [-0.3, -0.25) is 0 Å². The van der Waals surface area contributed by atoms with Crippen LogP contribution in [0, 0.1) is 0 Å². The molecule has 0 aromatic heterocycles. The number of thioether (sulfide) groups is 1. The van der Waals surface area contributed by atoms with Crippen LogP contribution < -0.4 is 5.32 Å². The summed E-state index contributed by atoms with van der Waals surface area (Å²) >= 11 is 1.89. The fourth-order valence-corrected chi connectivity index (χ4v) is 3.85. The molecule has 2 atom stereocenters. The van der Waals surface area contributed by atoms with E-state index in [0.717, 1.165) is 18.6 Å². The van der Waals surface area contributed by atoms with Crippen molar-refractivity contribution in [2.75, 3.05) is 18.8 Å². The van der Waals surface area contributed by atoms with Gasteiger partial charge in [-0.2, -0.15) is 11.8 Å². The van der Waals surface area contributed by atoms with E-state index in [4.69, 9.17) is 5.11 Å². The lowest BCUT2D eigenvalue weighted by atomic mass is 10.1. The number of carboxylic acids is 1. The highest BCUT2D eigenvalue weighted by atomic mass is 32.2. The SMILES string of the molecule is CC1(CNC(=O)N2CCC[C@H]2C(=O)O)CCCS1. The van der Waals surface area contributed by atoms with E-state index in [9.17, 15) is 9.59 Å². The fourth-order valence-electron chi connectivity index (χ4n) is 2.61. The van der Waals surface area contributed by atoms with Crippen molar-refractivity contribution in [3.05, 3.63) is 0 Å². The molecule has 2 saturated heterocycles. The minimum Gasteiger partial charge on any atom is -0.480 e. The number of carbonyl (C=O) groups is 2. The maximum Gasteiger partial charge on any atom is 0.326 e. The third-order valence-electron chi connectivity index (χ3n) is 3.71. The van der Waals surface area contributed by atoms with E-state index in [1.807, 2.05) is 11.8 Å². The Bertz CT molecular complexity index is 342. The first-order valence-corrected chi connectivity index (χ1v) is 7.42. The summed E-state index contributed by atoms with van der Waals surface area (Å²) in [4.78, 5) is 24.5. The van der Waals surface area contributed by atoms with Gasteiger partial charge in [-0.25, -0.2) is 9.59 Å². The monoisotopic (exact) mass is 272 g/mol. The van der Waals surface area contributed by atoms with Gasteiger partial charge in [0.15, 0.2) is 0 Å². The van der Waals surface area contributed by atoms with Gasteiger partial charge in [0.25, 0.3) is 0 Å². The average molecular weight is 272 g/mol. The summed E-state index contributed by atoms with van der Waals surface area (Å²) in [5.74, 6) is 0.248. The Morgan fingerprint density at radius 3 is 2.89 bits per heavy atom. The summed E-state index contributed by atoms with van der Waals surface area (Å²) in [5, 5.41) is 11.9. The van der Waals surface area contributed by atoms with Crippen LogP contribution in [-0.4, -0.2) is 51.6 Å². The highest BCUT2D eigenvalue weighted by Gasteiger charge is 2.35. The van der Waals surface area contributed by atoms with E-state index in [-0.39, 0.29) is 10.8 Å². The van der Waals surface area contributed by atoms with Gasteiger partial charge in [0.1, 0.15) is 6.04 Å². The smallest absolute Gasteiger partial charge is 0.326 e. The molecule has 2 aliphatic rings. The summed E-state index contributed by atoms with van der Waals surface area (Å²) in [5.41, 5.74) is 0. The van der Waals surface area contributed by atoms with Gasteiger partial charge >= 0.3 is 12.0 Å². The maximum atomic E-state index is 12.0. The number of aliphatic carboxylic acids is 1. The topological polar surface area (TPSA) is 69.6 Å². The molecule has 0 saturated carbocycles. The predicted octanol–water partition coefficient (Wildman–Crippen LogP) is 1.53. The second-order valence-electron chi connectivity index (χ2n) is 5.25. The van der Waals surface area contributed by atoms with Gasteiger partial charge in [-0.1, -0.05) is 0 Å². The van der Waals surface area contributed by atoms with Crippen molar-refractivity contribution < 1.29 is 14.7 Å². The second-order valence-corrected chi connectivity index (χ2v) is 6.93. The highest BCUT2D eigenvalue weighted by Crippen LogP contribution is 2.37. The third-order valence-corrected chi connectivity index (χ3v) is 5.25. The van der Waals surface area contributed by atoms with Gasteiger partial charge < -0.3 is 15.3 Å². The number of nitrogens with zero attached hydrogens (tertiary/aromatic N) is 1. The Morgan fingerprint density at radius 1 is 1.50 bits per heavy atom. The zero-order valence-corrected chi connectivity index (χ0v) is 11.5. The van der Waals surface area contributed by atoms with Crippen LogP contribution in [0.2, 0.25) is 0 Å². The van der Waals surface area contributed by atoms with E-state index in [1.165, 1.54) is 11.3 Å². The van der Waals surface area contributed by atoms with Crippen molar-refractivity contribution in [3.63, 3.8) is 0 Å². The van der Waals surface area contributed by atoms with Crippen molar-refractivity contribution in [1.29, 1.82) is 0 Å². The van der Waals surface area contributed by atoms with Crippen LogP contribution in [0.25, 0.3) is 0 Å². The van der Waals surface area contributed by atoms with Crippen LogP contribution in [0.1, 0.15) is 32.6 Å². The van der Waals surface area contributed by atoms with Crippen molar-refractivity contribution in [1.82, 2.24) is 10.2 Å². The summed E-state index contributed by atoms with van der Waals surface area (Å²) in [6.45, 7) is 3.33. The summed E-state index contributed by atoms with van der Waals surface area (Å²) in [6, 6.07) is -0.873. The first-order valence-electron chi connectivity index (χ1n) is 6.43. The first-order chi connectivity index (χ1) is 8.52. The zero-order valence-electron chi connectivity index (χ0n) is 10.6. The van der Waals surface area contributed by atoms with Gasteiger partial charge in [0.2, 0.25) is 0 Å². The van der Waals surface area contributed by atoms with E-state index < -0.39 is 12.0 Å². The summed E-state index contributed by atoms with van der Waals surface area (Å²) in [7, 11) is 0. The summed E-state index contributed by atoms with van der Waals surface area (Å²) < 4.78 is 0.119. The molecule has 0 aromatic rings. The molecule has 2 aliphatic heterocycles. The third kappa shape index (κ3) is 2.91. The molecule has 2 rings (SSSR count). The lowest BCUT2D eigenvalue weighted by Crippen LogP contribution is -2.48. The van der Waals surface area contributed by atoms with Gasteiger partial charge in [0, 0.05) is 17.8 Å². The Kier molecular flexibility index (Phi) is 4.04. The quantitative estimate of drug-likeness (QED) is 0.817. The molecule has 0 bridgehead atoms.